The summed E-state index contributed by atoms with van der Waals surface area (Å²) in [4.78, 5) is 11.1. The number of imidazole rings is 1. The maximum atomic E-state index is 5.97. The van der Waals surface area contributed by atoms with Crippen molar-refractivity contribution in [2.24, 2.45) is 5.73 Å². The first-order valence-electron chi connectivity index (χ1n) is 5.25. The third-order valence-corrected chi connectivity index (χ3v) is 2.40. The van der Waals surface area contributed by atoms with E-state index in [2.05, 4.69) is 35.5 Å². The first-order chi connectivity index (χ1) is 8.83. The van der Waals surface area contributed by atoms with E-state index in [0.29, 0.717) is 23.8 Å². The first kappa shape index (κ1) is 10.6. The molecule has 0 amide bonds. The molecule has 4 N–H and O–H groups in total. The van der Waals surface area contributed by atoms with Gasteiger partial charge >= 0.3 is 0 Å². The highest BCUT2D eigenvalue weighted by atomic mass is 16.5. The maximum Gasteiger partial charge on any atom is 0.244 e. The third kappa shape index (κ3) is 1.98. The van der Waals surface area contributed by atoms with Gasteiger partial charge in [0, 0.05) is 18.3 Å². The molecule has 3 aromatic heterocycles. The number of rotatable bonds is 4. The van der Waals surface area contributed by atoms with Gasteiger partial charge in [0.1, 0.15) is 0 Å². The second kappa shape index (κ2) is 4.37. The zero-order valence-electron chi connectivity index (χ0n) is 9.24. The van der Waals surface area contributed by atoms with E-state index in [-0.39, 0.29) is 0 Å². The van der Waals surface area contributed by atoms with Crippen molar-refractivity contribution in [1.82, 2.24) is 35.5 Å². The Hall–Kier alpha value is -2.55. The second-order valence-corrected chi connectivity index (χ2v) is 3.70. The molecule has 0 fully saturated rings. The lowest BCUT2D eigenvalue weighted by Gasteiger charge is -2.03. The van der Waals surface area contributed by atoms with Gasteiger partial charge < -0.3 is 15.2 Å². The summed E-state index contributed by atoms with van der Waals surface area (Å²) in [6.07, 6.45) is 5.35. The first-order valence-corrected chi connectivity index (χ1v) is 5.25. The Morgan fingerprint density at radius 3 is 3.06 bits per heavy atom. The lowest BCUT2D eigenvalue weighted by atomic mass is 10.2. The van der Waals surface area contributed by atoms with Crippen LogP contribution in [0.4, 0.5) is 0 Å². The van der Waals surface area contributed by atoms with Gasteiger partial charge in [0.25, 0.3) is 0 Å². The fourth-order valence-electron chi connectivity index (χ4n) is 1.52. The van der Waals surface area contributed by atoms with Gasteiger partial charge in [0.15, 0.2) is 5.69 Å². The Morgan fingerprint density at radius 2 is 2.33 bits per heavy atom. The molecule has 0 aliphatic rings. The smallest absolute Gasteiger partial charge is 0.244 e. The number of nitrogens with zero attached hydrogens (tertiary/aromatic N) is 5. The molecule has 9 heteroatoms. The molecular weight excluding hydrogens is 236 g/mol. The highest BCUT2D eigenvalue weighted by molar-refractivity contribution is 5.44. The summed E-state index contributed by atoms with van der Waals surface area (Å²) in [6, 6.07) is -0.390. The molecule has 3 rings (SSSR count). The van der Waals surface area contributed by atoms with Crippen LogP contribution in [0.2, 0.25) is 0 Å². The average Bonchev–Trinajstić information content (AvgIpc) is 3.11. The molecule has 0 unspecified atom stereocenters. The van der Waals surface area contributed by atoms with Crippen molar-refractivity contribution in [3.8, 4) is 11.5 Å². The molecule has 3 heterocycles. The summed E-state index contributed by atoms with van der Waals surface area (Å²) in [5, 5.41) is 13.8. The van der Waals surface area contributed by atoms with Gasteiger partial charge in [0.2, 0.25) is 11.7 Å². The van der Waals surface area contributed by atoms with Crippen LogP contribution >= 0.6 is 0 Å². The molecule has 1 atom stereocenters. The topological polar surface area (TPSA) is 135 Å². The van der Waals surface area contributed by atoms with E-state index >= 15 is 0 Å². The molecule has 3 aromatic rings. The van der Waals surface area contributed by atoms with Crippen LogP contribution < -0.4 is 5.73 Å². The number of nitrogens with one attached hydrogen (secondary N) is 2. The molecule has 9 nitrogen and oxygen atoms in total. The van der Waals surface area contributed by atoms with Crippen molar-refractivity contribution in [2.75, 3.05) is 0 Å². The number of nitrogens with two attached hydrogens (primary N) is 1. The lowest BCUT2D eigenvalue weighted by molar-refractivity contribution is 0.354. The SMILES string of the molecule is N[C@@H](Cc1cnc[nH]1)c1nc(-c2cn[nH]n2)no1. The Balaban J connectivity index is 1.77. The van der Waals surface area contributed by atoms with Crippen LogP contribution in [0.25, 0.3) is 11.5 Å². The Morgan fingerprint density at radius 1 is 1.39 bits per heavy atom. The summed E-state index contributed by atoms with van der Waals surface area (Å²) in [6.45, 7) is 0. The number of hydrogen-bond donors (Lipinski definition) is 3. The van der Waals surface area contributed by atoms with Gasteiger partial charge in [-0.25, -0.2) is 4.98 Å². The van der Waals surface area contributed by atoms with E-state index < -0.39 is 6.04 Å². The van der Waals surface area contributed by atoms with Gasteiger partial charge in [-0.15, -0.1) is 0 Å². The number of H-pyrrole nitrogens is 2. The third-order valence-electron chi connectivity index (χ3n) is 2.40. The van der Waals surface area contributed by atoms with Gasteiger partial charge in [-0.1, -0.05) is 5.16 Å². The Kier molecular flexibility index (Phi) is 2.57. The summed E-state index contributed by atoms with van der Waals surface area (Å²) in [5.74, 6) is 0.710. The van der Waals surface area contributed by atoms with Crippen LogP contribution in [0, 0.1) is 0 Å². The zero-order valence-corrected chi connectivity index (χ0v) is 9.24. The molecular formula is C9H10N8O. The molecule has 92 valence electrons. The minimum atomic E-state index is -0.390. The van der Waals surface area contributed by atoms with Gasteiger partial charge in [-0.3, -0.25) is 0 Å². The minimum absolute atomic E-state index is 0.350. The van der Waals surface area contributed by atoms with Crippen LogP contribution in [0.3, 0.4) is 0 Å². The van der Waals surface area contributed by atoms with Crippen LogP contribution in [0.5, 0.6) is 0 Å². The van der Waals surface area contributed by atoms with Crippen molar-refractivity contribution < 1.29 is 4.52 Å². The Bertz CT molecular complexity index is 598. The highest BCUT2D eigenvalue weighted by Gasteiger charge is 2.17. The fraction of sp³-hybridized carbons (Fsp3) is 0.222. The molecule has 0 aromatic carbocycles. The molecule has 0 spiro atoms. The summed E-state index contributed by atoms with van der Waals surface area (Å²) < 4.78 is 5.10. The van der Waals surface area contributed by atoms with E-state index in [0.717, 1.165) is 5.69 Å². The normalized spacial score (nSPS) is 12.7. The van der Waals surface area contributed by atoms with Crippen LogP contribution in [-0.4, -0.2) is 35.5 Å². The van der Waals surface area contributed by atoms with Crippen molar-refractivity contribution in [1.29, 1.82) is 0 Å². The van der Waals surface area contributed by atoms with Gasteiger partial charge in [-0.2, -0.15) is 20.4 Å². The fourth-order valence-corrected chi connectivity index (χ4v) is 1.52. The van der Waals surface area contributed by atoms with E-state index in [9.17, 15) is 0 Å². The van der Waals surface area contributed by atoms with Crippen molar-refractivity contribution in [3.05, 3.63) is 30.3 Å². The van der Waals surface area contributed by atoms with Crippen molar-refractivity contribution in [2.45, 2.75) is 12.5 Å². The predicted molar refractivity (Wildman–Crippen MR) is 58.9 cm³/mol. The molecule has 0 saturated heterocycles. The lowest BCUT2D eigenvalue weighted by Crippen LogP contribution is -2.14. The average molecular weight is 246 g/mol. The highest BCUT2D eigenvalue weighted by Crippen LogP contribution is 2.16. The number of aromatic nitrogens is 7. The van der Waals surface area contributed by atoms with Gasteiger partial charge in [-0.05, 0) is 0 Å². The second-order valence-electron chi connectivity index (χ2n) is 3.70. The minimum Gasteiger partial charge on any atom is -0.348 e. The summed E-state index contributed by atoms with van der Waals surface area (Å²) >= 11 is 0. The van der Waals surface area contributed by atoms with Crippen LogP contribution in [-0.2, 0) is 6.42 Å². The molecule has 0 radical (unpaired) electrons. The molecule has 0 bridgehead atoms. The Labute approximate surface area is 101 Å². The molecule has 0 aliphatic carbocycles. The molecule has 18 heavy (non-hydrogen) atoms. The number of hydrogen-bond acceptors (Lipinski definition) is 7. The largest absolute Gasteiger partial charge is 0.348 e. The van der Waals surface area contributed by atoms with Gasteiger partial charge in [0.05, 0.1) is 18.6 Å². The van der Waals surface area contributed by atoms with E-state index in [1.54, 1.807) is 12.5 Å². The van der Waals surface area contributed by atoms with E-state index in [1.165, 1.54) is 6.20 Å². The summed E-state index contributed by atoms with van der Waals surface area (Å²) in [7, 11) is 0. The quantitative estimate of drug-likeness (QED) is 0.581. The summed E-state index contributed by atoms with van der Waals surface area (Å²) in [5.41, 5.74) is 7.38. The molecule has 0 saturated carbocycles. The maximum absolute atomic E-state index is 5.97. The van der Waals surface area contributed by atoms with E-state index in [1.807, 2.05) is 0 Å². The zero-order chi connectivity index (χ0) is 12.4. The van der Waals surface area contributed by atoms with Crippen LogP contribution in [0.1, 0.15) is 17.6 Å². The monoisotopic (exact) mass is 246 g/mol. The van der Waals surface area contributed by atoms with Crippen molar-refractivity contribution in [3.63, 3.8) is 0 Å². The molecule has 0 aliphatic heterocycles. The predicted octanol–water partition coefficient (Wildman–Crippen LogP) is -0.180. The van der Waals surface area contributed by atoms with Crippen LogP contribution in [0.15, 0.2) is 23.2 Å². The van der Waals surface area contributed by atoms with Crippen molar-refractivity contribution >= 4 is 0 Å². The number of aromatic amines is 2. The van der Waals surface area contributed by atoms with E-state index in [4.69, 9.17) is 10.3 Å². The standard InChI is InChI=1S/C9H10N8O/c10-6(1-5-2-11-4-12-5)9-14-8(16-18-9)7-3-13-17-15-7/h2-4,6H,1,10H2,(H,11,12)(H,13,15,17)/t6-/m0/s1.